The Morgan fingerprint density at radius 1 is 1.29 bits per heavy atom. The van der Waals surface area contributed by atoms with Crippen LogP contribution in [0.4, 0.5) is 10.5 Å². The molecule has 1 N–H and O–H groups in total. The van der Waals surface area contributed by atoms with E-state index in [2.05, 4.69) is 10.3 Å². The molecule has 0 spiro atoms. The van der Waals surface area contributed by atoms with E-state index < -0.39 is 33.5 Å². The van der Waals surface area contributed by atoms with Crippen molar-refractivity contribution in [1.29, 1.82) is 0 Å². The predicted molar refractivity (Wildman–Crippen MR) is 124 cm³/mol. The van der Waals surface area contributed by atoms with Crippen molar-refractivity contribution in [3.8, 4) is 0 Å². The van der Waals surface area contributed by atoms with Crippen LogP contribution in [0.5, 0.6) is 0 Å². The molecule has 0 bridgehead atoms. The molecular formula is C19H23Cl2N3O5S2. The maximum atomic E-state index is 12.4. The second-order valence-electron chi connectivity index (χ2n) is 8.21. The summed E-state index contributed by atoms with van der Waals surface area (Å²) in [6.07, 6.45) is -0.649. The van der Waals surface area contributed by atoms with E-state index in [0.717, 1.165) is 0 Å². The third-order valence-corrected chi connectivity index (χ3v) is 8.50. The van der Waals surface area contributed by atoms with E-state index in [1.54, 1.807) is 43.9 Å². The minimum Gasteiger partial charge on any atom is -0.444 e. The minimum atomic E-state index is -3.20. The lowest BCUT2D eigenvalue weighted by Gasteiger charge is -2.25. The van der Waals surface area contributed by atoms with Crippen LogP contribution < -0.4 is 10.2 Å². The number of halogens is 2. The zero-order valence-corrected chi connectivity index (χ0v) is 20.4. The number of anilines is 1. The largest absolute Gasteiger partial charge is 0.444 e. The molecule has 0 unspecified atom stereocenters. The molecule has 2 saturated heterocycles. The van der Waals surface area contributed by atoms with Crippen molar-refractivity contribution in [2.45, 2.75) is 44.1 Å². The third kappa shape index (κ3) is 6.06. The van der Waals surface area contributed by atoms with Crippen molar-refractivity contribution in [3.05, 3.63) is 28.2 Å². The highest BCUT2D eigenvalue weighted by atomic mass is 35.5. The van der Waals surface area contributed by atoms with Crippen LogP contribution in [-0.4, -0.2) is 60.5 Å². The number of amidine groups is 1. The van der Waals surface area contributed by atoms with Gasteiger partial charge in [0.05, 0.1) is 33.3 Å². The Kier molecular flexibility index (Phi) is 7.15. The molecular weight excluding hydrogens is 485 g/mol. The Balaban J connectivity index is 1.76. The van der Waals surface area contributed by atoms with E-state index >= 15 is 0 Å². The van der Waals surface area contributed by atoms with Gasteiger partial charge in [-0.1, -0.05) is 41.0 Å². The zero-order chi connectivity index (χ0) is 23.0. The minimum absolute atomic E-state index is 0.00439. The molecule has 8 nitrogen and oxygen atoms in total. The van der Waals surface area contributed by atoms with E-state index in [1.807, 2.05) is 0 Å². The van der Waals surface area contributed by atoms with Gasteiger partial charge in [0.25, 0.3) is 0 Å². The molecule has 31 heavy (non-hydrogen) atoms. The van der Waals surface area contributed by atoms with Crippen LogP contribution in [0.2, 0.25) is 10.0 Å². The predicted octanol–water partition coefficient (Wildman–Crippen LogP) is 3.51. The van der Waals surface area contributed by atoms with Gasteiger partial charge in [-0.2, -0.15) is 4.99 Å². The number of hydrogen-bond donors (Lipinski definition) is 1. The molecule has 2 atom stereocenters. The molecule has 2 aliphatic heterocycles. The van der Waals surface area contributed by atoms with Crippen LogP contribution in [0.25, 0.3) is 0 Å². The third-order valence-electron chi connectivity index (χ3n) is 4.48. The summed E-state index contributed by atoms with van der Waals surface area (Å²) in [5.41, 5.74) is -0.131. The van der Waals surface area contributed by atoms with E-state index in [-0.39, 0.29) is 34.7 Å². The van der Waals surface area contributed by atoms with Crippen LogP contribution >= 0.6 is 35.0 Å². The average Bonchev–Trinajstić information content (AvgIpc) is 3.07. The van der Waals surface area contributed by atoms with Crippen molar-refractivity contribution in [3.63, 3.8) is 0 Å². The number of alkyl carbamates (subject to hydrolysis) is 1. The Labute approximate surface area is 195 Å². The lowest BCUT2D eigenvalue weighted by Crippen LogP contribution is -2.38. The number of sulfone groups is 1. The number of benzene rings is 1. The lowest BCUT2D eigenvalue weighted by molar-refractivity contribution is -0.117. The number of fused-ring (bicyclic) bond motifs is 1. The number of ether oxygens (including phenoxy) is 1. The average molecular weight is 508 g/mol. The molecule has 2 heterocycles. The van der Waals surface area contributed by atoms with Gasteiger partial charge < -0.3 is 15.0 Å². The number of amides is 2. The fraction of sp³-hybridized carbons (Fsp3) is 0.526. The smallest absolute Gasteiger partial charge is 0.407 e. The van der Waals surface area contributed by atoms with Gasteiger partial charge in [-0.15, -0.1) is 0 Å². The molecule has 0 aromatic heterocycles. The number of carbonyl (C=O) groups is 2. The maximum Gasteiger partial charge on any atom is 0.407 e. The first-order valence-corrected chi connectivity index (χ1v) is 13.0. The van der Waals surface area contributed by atoms with Crippen molar-refractivity contribution >= 4 is 67.7 Å². The standard InChI is InChI=1S/C19H23Cl2N3O5S2/c1-19(2,3)29-18(26)22-8-7-15(25)23-17-24(12-6-4-5-11(20)16(12)21)13-9-31(27,28)10-14(13)30-17/h4-6,13-14H,7-10H2,1-3H3,(H,22,26)/t13-,14+/m0/s1. The van der Waals surface area contributed by atoms with Gasteiger partial charge in [0.2, 0.25) is 5.91 Å². The number of hydrogen-bond acceptors (Lipinski definition) is 6. The van der Waals surface area contributed by atoms with E-state index in [1.165, 1.54) is 11.8 Å². The molecule has 12 heteroatoms. The van der Waals surface area contributed by atoms with Crippen molar-refractivity contribution < 1.29 is 22.7 Å². The van der Waals surface area contributed by atoms with Crippen molar-refractivity contribution in [1.82, 2.24) is 5.32 Å². The normalized spacial score (nSPS) is 23.6. The van der Waals surface area contributed by atoms with Gasteiger partial charge in [-0.3, -0.25) is 4.79 Å². The van der Waals surface area contributed by atoms with Crippen LogP contribution in [0.3, 0.4) is 0 Å². The molecule has 0 radical (unpaired) electrons. The number of thioether (sulfide) groups is 1. The summed E-state index contributed by atoms with van der Waals surface area (Å²) >= 11 is 13.8. The van der Waals surface area contributed by atoms with Crippen molar-refractivity contribution in [2.75, 3.05) is 23.0 Å². The molecule has 2 amide bonds. The van der Waals surface area contributed by atoms with Crippen LogP contribution in [0, 0.1) is 0 Å². The Bertz CT molecular complexity index is 1020. The SMILES string of the molecule is CC(C)(C)OC(=O)NCCC(=O)N=C1S[C@@H]2CS(=O)(=O)C[C@@H]2N1c1cccc(Cl)c1Cl. The highest BCUT2D eigenvalue weighted by molar-refractivity contribution is 8.16. The topological polar surface area (TPSA) is 105 Å². The molecule has 2 aliphatic rings. The number of nitrogens with zero attached hydrogens (tertiary/aromatic N) is 2. The number of carbonyl (C=O) groups excluding carboxylic acids is 2. The van der Waals surface area contributed by atoms with Crippen LogP contribution in [0.15, 0.2) is 23.2 Å². The van der Waals surface area contributed by atoms with Gasteiger partial charge in [-0.05, 0) is 32.9 Å². The molecule has 2 fully saturated rings. The Morgan fingerprint density at radius 2 is 2.00 bits per heavy atom. The van der Waals surface area contributed by atoms with Crippen LogP contribution in [-0.2, 0) is 19.4 Å². The molecule has 1 aromatic rings. The summed E-state index contributed by atoms with van der Waals surface area (Å²) in [6, 6.07) is 4.66. The highest BCUT2D eigenvalue weighted by Crippen LogP contribution is 2.44. The fourth-order valence-electron chi connectivity index (χ4n) is 3.27. The molecule has 0 saturated carbocycles. The Hall–Kier alpha value is -1.49. The number of nitrogens with one attached hydrogen (secondary N) is 1. The first kappa shape index (κ1) is 24.2. The summed E-state index contributed by atoms with van der Waals surface area (Å²) in [5.74, 6) is -0.504. The Morgan fingerprint density at radius 3 is 2.68 bits per heavy atom. The first-order valence-electron chi connectivity index (χ1n) is 9.55. The zero-order valence-electron chi connectivity index (χ0n) is 17.2. The van der Waals surface area contributed by atoms with Gasteiger partial charge in [0.1, 0.15) is 5.60 Å². The summed E-state index contributed by atoms with van der Waals surface area (Å²) in [4.78, 5) is 30.0. The summed E-state index contributed by atoms with van der Waals surface area (Å²) in [6.45, 7) is 5.29. The number of rotatable bonds is 4. The molecule has 3 rings (SSSR count). The van der Waals surface area contributed by atoms with E-state index in [4.69, 9.17) is 27.9 Å². The quantitative estimate of drug-likeness (QED) is 0.664. The first-order chi connectivity index (χ1) is 14.4. The van der Waals surface area contributed by atoms with E-state index in [9.17, 15) is 18.0 Å². The molecule has 0 aliphatic carbocycles. The summed E-state index contributed by atoms with van der Waals surface area (Å²) in [7, 11) is -3.20. The van der Waals surface area contributed by atoms with Gasteiger partial charge in [0, 0.05) is 18.2 Å². The second-order valence-corrected chi connectivity index (χ2v) is 12.4. The summed E-state index contributed by atoms with van der Waals surface area (Å²) < 4.78 is 29.4. The maximum absolute atomic E-state index is 12.4. The molecule has 170 valence electrons. The van der Waals surface area contributed by atoms with Crippen LogP contribution in [0.1, 0.15) is 27.2 Å². The fourth-order valence-corrected chi connectivity index (χ4v) is 7.58. The van der Waals surface area contributed by atoms with Gasteiger partial charge in [0.15, 0.2) is 15.0 Å². The van der Waals surface area contributed by atoms with Gasteiger partial charge in [-0.25, -0.2) is 13.2 Å². The monoisotopic (exact) mass is 507 g/mol. The van der Waals surface area contributed by atoms with Gasteiger partial charge >= 0.3 is 6.09 Å². The van der Waals surface area contributed by atoms with Crippen molar-refractivity contribution in [2.24, 2.45) is 4.99 Å². The number of aliphatic imine (C=N–C) groups is 1. The second kappa shape index (κ2) is 9.17. The van der Waals surface area contributed by atoms with E-state index in [0.29, 0.717) is 15.9 Å². The summed E-state index contributed by atoms with van der Waals surface area (Å²) in [5, 5.41) is 3.21. The lowest BCUT2D eigenvalue weighted by atomic mass is 10.2. The highest BCUT2D eigenvalue weighted by Gasteiger charge is 2.49. The molecule has 1 aromatic carbocycles.